The lowest BCUT2D eigenvalue weighted by Gasteiger charge is -2.04. The summed E-state index contributed by atoms with van der Waals surface area (Å²) in [7, 11) is 0. The quantitative estimate of drug-likeness (QED) is 0.726. The molecule has 0 aromatic carbocycles. The van der Waals surface area contributed by atoms with Crippen LogP contribution in [-0.2, 0) is 6.42 Å². The first kappa shape index (κ1) is 10.2. The van der Waals surface area contributed by atoms with Gasteiger partial charge in [-0.2, -0.15) is 5.10 Å². The second-order valence-electron chi connectivity index (χ2n) is 3.24. The van der Waals surface area contributed by atoms with E-state index in [1.165, 1.54) is 6.42 Å². The average molecular weight is 182 g/mol. The summed E-state index contributed by atoms with van der Waals surface area (Å²) in [4.78, 5) is 4.29. The Hall–Kier alpha value is -0.900. The standard InChI is InChI=1S/C9H18N4/c1-3-5-6-7(10)9-11-8(4-2)12-13-9/h7H,3-6,10H2,1-2H3,(H,11,12,13). The molecule has 1 atom stereocenters. The molecule has 4 nitrogen and oxygen atoms in total. The highest BCUT2D eigenvalue weighted by atomic mass is 15.2. The van der Waals surface area contributed by atoms with Gasteiger partial charge in [-0.15, -0.1) is 0 Å². The largest absolute Gasteiger partial charge is 0.321 e. The zero-order chi connectivity index (χ0) is 9.68. The van der Waals surface area contributed by atoms with Crippen LogP contribution in [0.3, 0.4) is 0 Å². The van der Waals surface area contributed by atoms with Crippen LogP contribution in [-0.4, -0.2) is 15.2 Å². The van der Waals surface area contributed by atoms with Crippen LogP contribution in [0.1, 0.15) is 50.8 Å². The van der Waals surface area contributed by atoms with Crippen molar-refractivity contribution in [3.8, 4) is 0 Å². The summed E-state index contributed by atoms with van der Waals surface area (Å²) in [6.07, 6.45) is 4.15. The summed E-state index contributed by atoms with van der Waals surface area (Å²) >= 11 is 0. The maximum Gasteiger partial charge on any atom is 0.167 e. The van der Waals surface area contributed by atoms with Crippen molar-refractivity contribution < 1.29 is 0 Å². The molecule has 0 radical (unpaired) electrons. The molecule has 1 unspecified atom stereocenters. The number of nitrogens with zero attached hydrogens (tertiary/aromatic N) is 2. The minimum absolute atomic E-state index is 0.00324. The second kappa shape index (κ2) is 4.97. The Balaban J connectivity index is 2.50. The van der Waals surface area contributed by atoms with E-state index in [4.69, 9.17) is 5.73 Å². The van der Waals surface area contributed by atoms with Crippen molar-refractivity contribution in [3.63, 3.8) is 0 Å². The number of nitrogens with two attached hydrogens (primary N) is 1. The van der Waals surface area contributed by atoms with E-state index in [2.05, 4.69) is 22.1 Å². The minimum Gasteiger partial charge on any atom is -0.321 e. The molecule has 0 aliphatic heterocycles. The molecule has 0 fully saturated rings. The van der Waals surface area contributed by atoms with Gasteiger partial charge in [0, 0.05) is 6.42 Å². The Morgan fingerprint density at radius 1 is 1.46 bits per heavy atom. The van der Waals surface area contributed by atoms with E-state index in [-0.39, 0.29) is 6.04 Å². The van der Waals surface area contributed by atoms with Gasteiger partial charge in [0.25, 0.3) is 0 Å². The number of hydrogen-bond acceptors (Lipinski definition) is 3. The zero-order valence-corrected chi connectivity index (χ0v) is 8.38. The van der Waals surface area contributed by atoms with E-state index >= 15 is 0 Å². The fourth-order valence-corrected chi connectivity index (χ4v) is 1.19. The Kier molecular flexibility index (Phi) is 3.89. The summed E-state index contributed by atoms with van der Waals surface area (Å²) in [5.41, 5.74) is 5.90. The van der Waals surface area contributed by atoms with Crippen LogP contribution in [0.5, 0.6) is 0 Å². The van der Waals surface area contributed by atoms with Crippen molar-refractivity contribution in [2.45, 2.75) is 45.6 Å². The lowest BCUT2D eigenvalue weighted by molar-refractivity contribution is 0.576. The van der Waals surface area contributed by atoms with E-state index in [1.54, 1.807) is 0 Å². The van der Waals surface area contributed by atoms with Crippen molar-refractivity contribution >= 4 is 0 Å². The highest BCUT2D eigenvalue weighted by molar-refractivity contribution is 4.95. The molecule has 1 aromatic heterocycles. The highest BCUT2D eigenvalue weighted by Gasteiger charge is 2.10. The minimum atomic E-state index is -0.00324. The number of aromatic amines is 1. The van der Waals surface area contributed by atoms with Crippen molar-refractivity contribution in [1.82, 2.24) is 15.2 Å². The molecule has 0 saturated carbocycles. The molecule has 3 N–H and O–H groups in total. The van der Waals surface area contributed by atoms with Crippen LogP contribution in [0.15, 0.2) is 0 Å². The molecule has 74 valence electrons. The number of rotatable bonds is 5. The smallest absolute Gasteiger partial charge is 0.167 e. The zero-order valence-electron chi connectivity index (χ0n) is 8.38. The average Bonchev–Trinajstić information content (AvgIpc) is 2.62. The molecule has 0 amide bonds. The molecule has 1 aromatic rings. The lowest BCUT2D eigenvalue weighted by Crippen LogP contribution is -2.11. The van der Waals surface area contributed by atoms with E-state index in [0.29, 0.717) is 0 Å². The van der Waals surface area contributed by atoms with Crippen LogP contribution in [0.4, 0.5) is 0 Å². The van der Waals surface area contributed by atoms with Crippen molar-refractivity contribution in [2.75, 3.05) is 0 Å². The Bertz CT molecular complexity index is 244. The molecular formula is C9H18N4. The second-order valence-corrected chi connectivity index (χ2v) is 3.24. The summed E-state index contributed by atoms with van der Waals surface area (Å²) in [6, 6.07) is -0.00324. The predicted molar refractivity (Wildman–Crippen MR) is 52.2 cm³/mol. The first-order valence-corrected chi connectivity index (χ1v) is 4.94. The summed E-state index contributed by atoms with van der Waals surface area (Å²) in [6.45, 7) is 4.20. The topological polar surface area (TPSA) is 67.6 Å². The molecular weight excluding hydrogens is 164 g/mol. The number of aryl methyl sites for hydroxylation is 1. The van der Waals surface area contributed by atoms with E-state index in [0.717, 1.165) is 30.9 Å². The molecule has 0 aliphatic carbocycles. The maximum absolute atomic E-state index is 5.90. The molecule has 13 heavy (non-hydrogen) atoms. The number of nitrogens with one attached hydrogen (secondary N) is 1. The lowest BCUT2D eigenvalue weighted by atomic mass is 10.1. The molecule has 1 heterocycles. The molecule has 1 rings (SSSR count). The Labute approximate surface area is 78.9 Å². The van der Waals surface area contributed by atoms with Crippen LogP contribution >= 0.6 is 0 Å². The molecule has 0 saturated heterocycles. The number of aromatic nitrogens is 3. The Morgan fingerprint density at radius 3 is 2.77 bits per heavy atom. The summed E-state index contributed by atoms with van der Waals surface area (Å²) < 4.78 is 0. The van der Waals surface area contributed by atoms with Gasteiger partial charge in [0.05, 0.1) is 6.04 Å². The fraction of sp³-hybridized carbons (Fsp3) is 0.778. The SMILES string of the molecule is CCCCC(N)c1n[nH]c(CC)n1. The van der Waals surface area contributed by atoms with E-state index < -0.39 is 0 Å². The third kappa shape index (κ3) is 2.81. The van der Waals surface area contributed by atoms with Crippen molar-refractivity contribution in [1.29, 1.82) is 0 Å². The summed E-state index contributed by atoms with van der Waals surface area (Å²) in [5.74, 6) is 1.67. The van der Waals surface area contributed by atoms with Crippen molar-refractivity contribution in [3.05, 3.63) is 11.6 Å². The van der Waals surface area contributed by atoms with E-state index in [9.17, 15) is 0 Å². The first-order valence-electron chi connectivity index (χ1n) is 4.94. The molecule has 0 aliphatic rings. The van der Waals surface area contributed by atoms with Crippen LogP contribution in [0, 0.1) is 0 Å². The van der Waals surface area contributed by atoms with Gasteiger partial charge < -0.3 is 5.73 Å². The van der Waals surface area contributed by atoms with Crippen LogP contribution < -0.4 is 5.73 Å². The Morgan fingerprint density at radius 2 is 2.23 bits per heavy atom. The highest BCUT2D eigenvalue weighted by Crippen LogP contribution is 2.12. The normalized spacial score (nSPS) is 13.2. The molecule has 0 spiro atoms. The number of unbranched alkanes of at least 4 members (excludes halogenated alkanes) is 1. The van der Waals surface area contributed by atoms with Gasteiger partial charge in [0.15, 0.2) is 5.82 Å². The fourth-order valence-electron chi connectivity index (χ4n) is 1.19. The van der Waals surface area contributed by atoms with Gasteiger partial charge in [-0.25, -0.2) is 4.98 Å². The third-order valence-corrected chi connectivity index (χ3v) is 2.08. The monoisotopic (exact) mass is 182 g/mol. The number of hydrogen-bond donors (Lipinski definition) is 2. The first-order chi connectivity index (χ1) is 6.27. The predicted octanol–water partition coefficient (Wildman–Crippen LogP) is 1.56. The van der Waals surface area contributed by atoms with Crippen LogP contribution in [0.25, 0.3) is 0 Å². The maximum atomic E-state index is 5.90. The van der Waals surface area contributed by atoms with Crippen molar-refractivity contribution in [2.24, 2.45) is 5.73 Å². The molecule has 4 heteroatoms. The molecule has 0 bridgehead atoms. The van der Waals surface area contributed by atoms with Gasteiger partial charge in [-0.05, 0) is 6.42 Å². The van der Waals surface area contributed by atoms with Gasteiger partial charge >= 0.3 is 0 Å². The van der Waals surface area contributed by atoms with Gasteiger partial charge in [0.1, 0.15) is 5.82 Å². The van der Waals surface area contributed by atoms with Crippen LogP contribution in [0.2, 0.25) is 0 Å². The van der Waals surface area contributed by atoms with E-state index in [1.807, 2.05) is 6.92 Å². The van der Waals surface area contributed by atoms with Gasteiger partial charge in [-0.3, -0.25) is 5.10 Å². The van der Waals surface area contributed by atoms with Gasteiger partial charge in [-0.1, -0.05) is 26.7 Å². The number of H-pyrrole nitrogens is 1. The van der Waals surface area contributed by atoms with Gasteiger partial charge in [0.2, 0.25) is 0 Å². The summed E-state index contributed by atoms with van der Waals surface area (Å²) in [5, 5.41) is 6.95. The third-order valence-electron chi connectivity index (χ3n) is 2.08.